The van der Waals surface area contributed by atoms with Gasteiger partial charge in [-0.3, -0.25) is 9.59 Å². The van der Waals surface area contributed by atoms with Gasteiger partial charge in [0.1, 0.15) is 5.75 Å². The molecule has 1 amide bonds. The number of hydrogen-bond donors (Lipinski definition) is 1. The minimum Gasteiger partial charge on any atom is -0.494 e. The van der Waals surface area contributed by atoms with Gasteiger partial charge in [0, 0.05) is 12.4 Å². The van der Waals surface area contributed by atoms with Crippen LogP contribution in [0.5, 0.6) is 5.75 Å². The second-order valence-electron chi connectivity index (χ2n) is 6.29. The molecule has 7 nitrogen and oxygen atoms in total. The SMILES string of the molecule is CCCCOc1ccc(C=NNC(=O)c2nn(C)c(=O)c3ccccc23)cc1. The maximum atomic E-state index is 12.5. The number of unbranched alkanes of at least 4 members (excludes halogenated alkanes) is 1. The average molecular weight is 378 g/mol. The van der Waals surface area contributed by atoms with Crippen LogP contribution in [0, 0.1) is 0 Å². The van der Waals surface area contributed by atoms with E-state index in [1.807, 2.05) is 24.3 Å². The van der Waals surface area contributed by atoms with Gasteiger partial charge in [0.25, 0.3) is 11.5 Å². The summed E-state index contributed by atoms with van der Waals surface area (Å²) in [6.07, 6.45) is 3.64. The third-order valence-electron chi connectivity index (χ3n) is 4.20. The molecule has 0 spiro atoms. The molecule has 1 aromatic heterocycles. The smallest absolute Gasteiger partial charge is 0.292 e. The van der Waals surface area contributed by atoms with Crippen molar-refractivity contribution in [3.63, 3.8) is 0 Å². The number of rotatable bonds is 7. The van der Waals surface area contributed by atoms with Crippen LogP contribution in [0.15, 0.2) is 58.4 Å². The predicted octanol–water partition coefficient (Wildman–Crippen LogP) is 2.88. The maximum absolute atomic E-state index is 12.5. The van der Waals surface area contributed by atoms with Crippen molar-refractivity contribution in [1.29, 1.82) is 0 Å². The summed E-state index contributed by atoms with van der Waals surface area (Å²) in [7, 11) is 1.51. The normalized spacial score (nSPS) is 11.1. The van der Waals surface area contributed by atoms with E-state index in [0.717, 1.165) is 28.8 Å². The minimum absolute atomic E-state index is 0.148. The van der Waals surface area contributed by atoms with Crippen LogP contribution >= 0.6 is 0 Å². The Morgan fingerprint density at radius 3 is 2.61 bits per heavy atom. The fourth-order valence-electron chi connectivity index (χ4n) is 2.67. The molecule has 1 N–H and O–H groups in total. The highest BCUT2D eigenvalue weighted by atomic mass is 16.5. The summed E-state index contributed by atoms with van der Waals surface area (Å²) in [5.41, 5.74) is 3.18. The number of hydrogen-bond acceptors (Lipinski definition) is 5. The first-order valence-corrected chi connectivity index (χ1v) is 9.12. The zero-order valence-electron chi connectivity index (χ0n) is 15.9. The quantitative estimate of drug-likeness (QED) is 0.389. The van der Waals surface area contributed by atoms with Gasteiger partial charge >= 0.3 is 0 Å². The second kappa shape index (κ2) is 8.94. The lowest BCUT2D eigenvalue weighted by Gasteiger charge is -2.06. The number of nitrogens with one attached hydrogen (secondary N) is 1. The van der Waals surface area contributed by atoms with Gasteiger partial charge in [-0.25, -0.2) is 10.1 Å². The number of nitrogens with zero attached hydrogens (tertiary/aromatic N) is 3. The Labute approximate surface area is 162 Å². The fraction of sp³-hybridized carbons (Fsp3) is 0.238. The van der Waals surface area contributed by atoms with Crippen molar-refractivity contribution in [3.8, 4) is 5.75 Å². The van der Waals surface area contributed by atoms with Crippen LogP contribution in [0.3, 0.4) is 0 Å². The van der Waals surface area contributed by atoms with E-state index in [1.54, 1.807) is 24.3 Å². The standard InChI is InChI=1S/C21H22N4O3/c1-3-4-13-28-16-11-9-15(10-12-16)14-22-23-20(26)19-17-7-5-6-8-18(17)21(27)25(2)24-19/h5-12,14H,3-4,13H2,1-2H3,(H,23,26). The number of ether oxygens (including phenoxy) is 1. The van der Waals surface area contributed by atoms with E-state index in [-0.39, 0.29) is 11.3 Å². The number of carbonyl (C=O) groups excluding carboxylic acids is 1. The van der Waals surface area contributed by atoms with Crippen molar-refractivity contribution in [3.05, 3.63) is 70.1 Å². The van der Waals surface area contributed by atoms with Crippen LogP contribution in [-0.2, 0) is 7.05 Å². The summed E-state index contributed by atoms with van der Waals surface area (Å²) in [4.78, 5) is 24.6. The first-order valence-electron chi connectivity index (χ1n) is 9.12. The number of benzene rings is 2. The Bertz CT molecular complexity index is 1060. The first kappa shape index (κ1) is 19.3. The minimum atomic E-state index is -0.484. The molecule has 0 radical (unpaired) electrons. The molecule has 0 aliphatic carbocycles. The largest absolute Gasteiger partial charge is 0.494 e. The average Bonchev–Trinajstić information content (AvgIpc) is 2.72. The van der Waals surface area contributed by atoms with Crippen LogP contribution in [0.25, 0.3) is 10.8 Å². The van der Waals surface area contributed by atoms with Gasteiger partial charge in [0.2, 0.25) is 0 Å². The summed E-state index contributed by atoms with van der Waals surface area (Å²) in [6, 6.07) is 14.3. The number of amides is 1. The topological polar surface area (TPSA) is 85.6 Å². The zero-order valence-corrected chi connectivity index (χ0v) is 15.9. The Kier molecular flexibility index (Phi) is 6.16. The van der Waals surface area contributed by atoms with E-state index in [1.165, 1.54) is 13.3 Å². The molecule has 0 bridgehead atoms. The van der Waals surface area contributed by atoms with Crippen molar-refractivity contribution < 1.29 is 9.53 Å². The molecular formula is C21H22N4O3. The summed E-state index contributed by atoms with van der Waals surface area (Å²) >= 11 is 0. The Morgan fingerprint density at radius 1 is 1.18 bits per heavy atom. The van der Waals surface area contributed by atoms with Crippen molar-refractivity contribution >= 4 is 22.9 Å². The molecule has 7 heteroatoms. The lowest BCUT2D eigenvalue weighted by Crippen LogP contribution is -2.27. The highest BCUT2D eigenvalue weighted by Crippen LogP contribution is 2.13. The molecule has 0 saturated carbocycles. The van der Waals surface area contributed by atoms with Crippen LogP contribution in [0.4, 0.5) is 0 Å². The van der Waals surface area contributed by atoms with E-state index >= 15 is 0 Å². The van der Waals surface area contributed by atoms with Crippen molar-refractivity contribution in [2.75, 3.05) is 6.61 Å². The van der Waals surface area contributed by atoms with Crippen molar-refractivity contribution in [2.24, 2.45) is 12.1 Å². The summed E-state index contributed by atoms with van der Waals surface area (Å²) in [6.45, 7) is 2.81. The van der Waals surface area contributed by atoms with Crippen molar-refractivity contribution in [2.45, 2.75) is 19.8 Å². The molecule has 0 saturated heterocycles. The molecular weight excluding hydrogens is 356 g/mol. The highest BCUT2D eigenvalue weighted by Gasteiger charge is 2.14. The number of aromatic nitrogens is 2. The van der Waals surface area contributed by atoms with E-state index in [9.17, 15) is 9.59 Å². The summed E-state index contributed by atoms with van der Waals surface area (Å²) in [5, 5.41) is 8.99. The number of carbonyl (C=O) groups is 1. The van der Waals surface area contributed by atoms with Crippen LogP contribution < -0.4 is 15.7 Å². The van der Waals surface area contributed by atoms with E-state index in [0.29, 0.717) is 17.4 Å². The maximum Gasteiger partial charge on any atom is 0.292 e. The molecule has 0 aliphatic rings. The molecule has 3 aromatic rings. The van der Waals surface area contributed by atoms with E-state index < -0.39 is 5.91 Å². The molecule has 0 atom stereocenters. The molecule has 2 aromatic carbocycles. The fourth-order valence-corrected chi connectivity index (χ4v) is 2.67. The molecule has 0 unspecified atom stereocenters. The van der Waals surface area contributed by atoms with E-state index in [2.05, 4.69) is 22.5 Å². The molecule has 0 fully saturated rings. The van der Waals surface area contributed by atoms with E-state index in [4.69, 9.17) is 4.74 Å². The molecule has 0 aliphatic heterocycles. The van der Waals surface area contributed by atoms with Gasteiger partial charge in [-0.1, -0.05) is 31.5 Å². The molecule has 3 rings (SSSR count). The second-order valence-corrected chi connectivity index (χ2v) is 6.29. The van der Waals surface area contributed by atoms with Gasteiger partial charge in [-0.2, -0.15) is 10.2 Å². The zero-order chi connectivity index (χ0) is 19.9. The predicted molar refractivity (Wildman–Crippen MR) is 109 cm³/mol. The molecule has 28 heavy (non-hydrogen) atoms. The summed E-state index contributed by atoms with van der Waals surface area (Å²) in [5.74, 6) is 0.318. The third-order valence-corrected chi connectivity index (χ3v) is 4.20. The monoisotopic (exact) mass is 378 g/mol. The Balaban J connectivity index is 1.70. The van der Waals surface area contributed by atoms with Crippen LogP contribution in [0.2, 0.25) is 0 Å². The van der Waals surface area contributed by atoms with Crippen LogP contribution in [-0.4, -0.2) is 28.5 Å². The number of hydrazone groups is 1. The van der Waals surface area contributed by atoms with Gasteiger partial charge in [0.15, 0.2) is 5.69 Å². The third kappa shape index (κ3) is 4.43. The number of fused-ring (bicyclic) bond motifs is 1. The number of aryl methyl sites for hydroxylation is 1. The lowest BCUT2D eigenvalue weighted by molar-refractivity contribution is 0.0950. The first-order chi connectivity index (χ1) is 13.6. The summed E-state index contributed by atoms with van der Waals surface area (Å²) < 4.78 is 6.76. The van der Waals surface area contributed by atoms with Crippen LogP contribution in [0.1, 0.15) is 35.8 Å². The van der Waals surface area contributed by atoms with Gasteiger partial charge < -0.3 is 4.74 Å². The van der Waals surface area contributed by atoms with Gasteiger partial charge in [0.05, 0.1) is 18.2 Å². The Morgan fingerprint density at radius 2 is 1.89 bits per heavy atom. The van der Waals surface area contributed by atoms with Gasteiger partial charge in [-0.15, -0.1) is 0 Å². The van der Waals surface area contributed by atoms with Crippen molar-refractivity contribution in [1.82, 2.24) is 15.2 Å². The highest BCUT2D eigenvalue weighted by molar-refractivity contribution is 6.04. The molecule has 1 heterocycles. The lowest BCUT2D eigenvalue weighted by atomic mass is 10.1. The van der Waals surface area contributed by atoms with Gasteiger partial charge in [-0.05, 0) is 42.3 Å². The Hall–Kier alpha value is -3.48. The molecule has 144 valence electrons.